The summed E-state index contributed by atoms with van der Waals surface area (Å²) < 4.78 is 0. The highest BCUT2D eigenvalue weighted by molar-refractivity contribution is 7.12. The van der Waals surface area contributed by atoms with Crippen molar-refractivity contribution in [2.75, 3.05) is 6.54 Å². The lowest BCUT2D eigenvalue weighted by Gasteiger charge is -2.26. The van der Waals surface area contributed by atoms with Gasteiger partial charge in [-0.25, -0.2) is 0 Å². The minimum absolute atomic E-state index is 0.119. The number of hydrogen-bond donors (Lipinski definition) is 2. The first-order valence-corrected chi connectivity index (χ1v) is 7.58. The van der Waals surface area contributed by atoms with Crippen molar-refractivity contribution >= 4 is 11.3 Å². The van der Waals surface area contributed by atoms with Gasteiger partial charge in [0.25, 0.3) is 0 Å². The van der Waals surface area contributed by atoms with Crippen LogP contribution in [0.5, 0.6) is 0 Å². The van der Waals surface area contributed by atoms with Gasteiger partial charge in [0.15, 0.2) is 0 Å². The van der Waals surface area contributed by atoms with Gasteiger partial charge in [-0.1, -0.05) is 6.92 Å². The molecule has 0 aliphatic rings. The zero-order chi connectivity index (χ0) is 13.8. The molecule has 0 spiro atoms. The summed E-state index contributed by atoms with van der Waals surface area (Å²) in [6.07, 6.45) is 2.62. The highest BCUT2D eigenvalue weighted by atomic mass is 32.1. The van der Waals surface area contributed by atoms with Gasteiger partial charge in [-0.15, -0.1) is 11.3 Å². The van der Waals surface area contributed by atoms with Gasteiger partial charge in [0.1, 0.15) is 0 Å². The van der Waals surface area contributed by atoms with Gasteiger partial charge in [-0.3, -0.25) is 0 Å². The van der Waals surface area contributed by atoms with Crippen molar-refractivity contribution < 1.29 is 5.11 Å². The van der Waals surface area contributed by atoms with E-state index in [2.05, 4.69) is 45.1 Å². The van der Waals surface area contributed by atoms with Gasteiger partial charge in [0, 0.05) is 21.7 Å². The van der Waals surface area contributed by atoms with Crippen molar-refractivity contribution in [2.24, 2.45) is 0 Å². The van der Waals surface area contributed by atoms with Crippen LogP contribution < -0.4 is 5.32 Å². The number of nitrogens with one attached hydrogen (secondary N) is 1. The van der Waals surface area contributed by atoms with E-state index < -0.39 is 5.60 Å². The Bertz CT molecular complexity index is 363. The smallest absolute Gasteiger partial charge is 0.0679 e. The lowest BCUT2D eigenvalue weighted by atomic mass is 9.96. The molecule has 1 aromatic rings. The van der Waals surface area contributed by atoms with Crippen LogP contribution in [0.25, 0.3) is 0 Å². The van der Waals surface area contributed by atoms with Gasteiger partial charge in [0.05, 0.1) is 5.60 Å². The molecule has 0 fully saturated rings. The van der Waals surface area contributed by atoms with Crippen LogP contribution in [0.4, 0.5) is 0 Å². The lowest BCUT2D eigenvalue weighted by molar-refractivity contribution is 0.0507. The lowest BCUT2D eigenvalue weighted by Crippen LogP contribution is -2.40. The summed E-state index contributed by atoms with van der Waals surface area (Å²) in [4.78, 5) is 2.68. The third-order valence-corrected chi connectivity index (χ3v) is 4.17. The quantitative estimate of drug-likeness (QED) is 0.830. The molecule has 0 aromatic carbocycles. The number of hydrogen-bond acceptors (Lipinski definition) is 3. The molecule has 0 amide bonds. The normalized spacial score (nSPS) is 15.7. The Kier molecular flexibility index (Phi) is 5.38. The van der Waals surface area contributed by atoms with Crippen LogP contribution in [0.2, 0.25) is 0 Å². The van der Waals surface area contributed by atoms with Crippen LogP contribution in [0.15, 0.2) is 12.1 Å². The van der Waals surface area contributed by atoms with Crippen LogP contribution >= 0.6 is 11.3 Å². The monoisotopic (exact) mass is 269 g/mol. The minimum Gasteiger partial charge on any atom is -0.390 e. The van der Waals surface area contributed by atoms with E-state index in [0.717, 1.165) is 25.8 Å². The van der Waals surface area contributed by atoms with Crippen molar-refractivity contribution in [3.8, 4) is 0 Å². The van der Waals surface area contributed by atoms with Gasteiger partial charge in [-0.2, -0.15) is 0 Å². The minimum atomic E-state index is -0.617. The molecule has 1 atom stereocenters. The zero-order valence-electron chi connectivity index (χ0n) is 12.3. The second kappa shape index (κ2) is 6.18. The number of thiophene rings is 1. The van der Waals surface area contributed by atoms with Crippen LogP contribution in [0.3, 0.4) is 0 Å². The second-order valence-corrected chi connectivity index (χ2v) is 7.57. The largest absolute Gasteiger partial charge is 0.390 e. The van der Waals surface area contributed by atoms with Crippen LogP contribution in [0.1, 0.15) is 50.8 Å². The fourth-order valence-corrected chi connectivity index (χ4v) is 3.01. The Labute approximate surface area is 115 Å². The van der Waals surface area contributed by atoms with Crippen LogP contribution in [-0.2, 0) is 12.8 Å². The summed E-state index contributed by atoms with van der Waals surface area (Å²) in [7, 11) is 0. The molecule has 0 bridgehead atoms. The van der Waals surface area contributed by atoms with Gasteiger partial charge in [0.2, 0.25) is 0 Å². The summed E-state index contributed by atoms with van der Waals surface area (Å²) in [6.45, 7) is 11.4. The van der Waals surface area contributed by atoms with Crippen LogP contribution in [-0.4, -0.2) is 22.8 Å². The molecular weight excluding hydrogens is 242 g/mol. The molecule has 1 heterocycles. The van der Waals surface area contributed by atoms with Gasteiger partial charge in [-0.05, 0) is 59.2 Å². The van der Waals surface area contributed by atoms with Crippen molar-refractivity contribution in [3.63, 3.8) is 0 Å². The zero-order valence-corrected chi connectivity index (χ0v) is 13.2. The Morgan fingerprint density at radius 1 is 1.17 bits per heavy atom. The summed E-state index contributed by atoms with van der Waals surface area (Å²) in [6, 6.07) is 4.32. The molecule has 1 unspecified atom stereocenters. The number of aliphatic hydroxyl groups is 1. The average Bonchev–Trinajstić information content (AvgIpc) is 2.62. The first-order valence-electron chi connectivity index (χ1n) is 6.77. The molecule has 0 aliphatic heterocycles. The summed E-state index contributed by atoms with van der Waals surface area (Å²) in [5.41, 5.74) is -0.498. The van der Waals surface area contributed by atoms with E-state index in [-0.39, 0.29) is 5.54 Å². The average molecular weight is 269 g/mol. The van der Waals surface area contributed by atoms with Crippen molar-refractivity contribution in [1.82, 2.24) is 5.32 Å². The fraction of sp³-hybridized carbons (Fsp3) is 0.733. The highest BCUT2D eigenvalue weighted by Crippen LogP contribution is 2.23. The van der Waals surface area contributed by atoms with E-state index in [1.807, 2.05) is 18.3 Å². The maximum atomic E-state index is 10.4. The van der Waals surface area contributed by atoms with Gasteiger partial charge < -0.3 is 10.4 Å². The first-order chi connectivity index (χ1) is 8.22. The third kappa shape index (κ3) is 5.98. The molecule has 0 saturated carbocycles. The van der Waals surface area contributed by atoms with Crippen molar-refractivity contribution in [2.45, 2.75) is 65.0 Å². The first kappa shape index (κ1) is 15.7. The van der Waals surface area contributed by atoms with E-state index in [1.165, 1.54) is 9.75 Å². The van der Waals surface area contributed by atoms with Crippen molar-refractivity contribution in [3.05, 3.63) is 21.9 Å². The topological polar surface area (TPSA) is 32.3 Å². The molecule has 3 heteroatoms. The molecular formula is C15H27NOS. The fourth-order valence-electron chi connectivity index (χ4n) is 1.88. The van der Waals surface area contributed by atoms with Gasteiger partial charge >= 0.3 is 0 Å². The molecule has 2 nitrogen and oxygen atoms in total. The molecule has 18 heavy (non-hydrogen) atoms. The standard InChI is InChI=1S/C15H27NOS/c1-6-12-7-8-13(18-12)11-15(5,17)9-10-16-14(2,3)4/h7-8,16-17H,6,9-11H2,1-5H3. The third-order valence-electron chi connectivity index (χ3n) is 2.94. The van der Waals surface area contributed by atoms with E-state index in [0.29, 0.717) is 0 Å². The second-order valence-electron chi connectivity index (χ2n) is 6.32. The molecule has 0 saturated heterocycles. The highest BCUT2D eigenvalue weighted by Gasteiger charge is 2.22. The summed E-state index contributed by atoms with van der Waals surface area (Å²) in [5.74, 6) is 0. The number of aryl methyl sites for hydroxylation is 1. The predicted octanol–water partition coefficient (Wildman–Crippen LogP) is 3.38. The molecule has 0 radical (unpaired) electrons. The SMILES string of the molecule is CCc1ccc(CC(C)(O)CCNC(C)(C)C)s1. The molecule has 2 N–H and O–H groups in total. The summed E-state index contributed by atoms with van der Waals surface area (Å²) in [5, 5.41) is 13.8. The predicted molar refractivity (Wildman–Crippen MR) is 80.4 cm³/mol. The number of rotatable bonds is 6. The molecule has 104 valence electrons. The Morgan fingerprint density at radius 3 is 2.28 bits per heavy atom. The van der Waals surface area contributed by atoms with Crippen molar-refractivity contribution in [1.29, 1.82) is 0 Å². The Hall–Kier alpha value is -0.380. The van der Waals surface area contributed by atoms with E-state index in [9.17, 15) is 5.11 Å². The van der Waals surface area contributed by atoms with Crippen LogP contribution in [0, 0.1) is 0 Å². The Morgan fingerprint density at radius 2 is 1.78 bits per heavy atom. The van der Waals surface area contributed by atoms with E-state index in [1.54, 1.807) is 0 Å². The maximum Gasteiger partial charge on any atom is 0.0679 e. The summed E-state index contributed by atoms with van der Waals surface area (Å²) >= 11 is 1.82. The Balaban J connectivity index is 2.43. The molecule has 1 aromatic heterocycles. The molecule has 0 aliphatic carbocycles. The molecule has 1 rings (SSSR count). The van der Waals surface area contributed by atoms with E-state index >= 15 is 0 Å². The van der Waals surface area contributed by atoms with E-state index in [4.69, 9.17) is 0 Å². The maximum absolute atomic E-state index is 10.4.